The Hall–Kier alpha value is -4.16. The number of nitrogens with one attached hydrogen (secondary N) is 2. The zero-order valence-electron chi connectivity index (χ0n) is 29.3. The molecule has 1 fully saturated rings. The third kappa shape index (κ3) is 11.7. The van der Waals surface area contributed by atoms with E-state index in [1.807, 2.05) is 18.3 Å². The van der Waals surface area contributed by atoms with Gasteiger partial charge in [0.15, 0.2) is 12.1 Å². The molecule has 16 nitrogen and oxygen atoms in total. The second-order valence-electron chi connectivity index (χ2n) is 12.6. The molecule has 1 unspecified atom stereocenters. The van der Waals surface area contributed by atoms with Crippen LogP contribution in [0.1, 0.15) is 50.2 Å². The Labute approximate surface area is 301 Å². The van der Waals surface area contributed by atoms with Crippen molar-refractivity contribution in [2.45, 2.75) is 69.7 Å². The van der Waals surface area contributed by atoms with E-state index in [1.54, 1.807) is 12.0 Å². The van der Waals surface area contributed by atoms with Gasteiger partial charge in [-0.15, -0.1) is 0 Å². The van der Waals surface area contributed by atoms with Crippen molar-refractivity contribution in [3.8, 4) is 5.75 Å². The highest BCUT2D eigenvalue weighted by atomic mass is 32.2. The van der Waals surface area contributed by atoms with Gasteiger partial charge < -0.3 is 51.6 Å². The van der Waals surface area contributed by atoms with Crippen LogP contribution in [0.3, 0.4) is 0 Å². The number of methoxy groups -OCH3 is 1. The smallest absolute Gasteiger partial charge is 0.321 e. The Morgan fingerprint density at radius 2 is 1.82 bits per heavy atom. The van der Waals surface area contributed by atoms with Gasteiger partial charge in [-0.05, 0) is 30.2 Å². The van der Waals surface area contributed by atoms with Crippen molar-refractivity contribution in [3.05, 3.63) is 41.6 Å². The second kappa shape index (κ2) is 19.4. The van der Waals surface area contributed by atoms with Gasteiger partial charge in [0.1, 0.15) is 17.3 Å². The van der Waals surface area contributed by atoms with Crippen molar-refractivity contribution in [2.75, 3.05) is 63.2 Å². The molecule has 1 aromatic carbocycles. The van der Waals surface area contributed by atoms with Crippen LogP contribution in [0.25, 0.3) is 11.0 Å². The van der Waals surface area contributed by atoms with Crippen LogP contribution in [-0.2, 0) is 27.5 Å². The van der Waals surface area contributed by atoms with Gasteiger partial charge in [-0.2, -0.15) is 16.7 Å². The monoisotopic (exact) mass is 729 g/mol. The normalized spacial score (nSPS) is 14.8. The summed E-state index contributed by atoms with van der Waals surface area (Å²) in [5.74, 6) is -0.116. The van der Waals surface area contributed by atoms with Crippen LogP contribution in [0.5, 0.6) is 5.75 Å². The van der Waals surface area contributed by atoms with Crippen molar-refractivity contribution >= 4 is 52.3 Å². The number of carbonyl (C=O) groups is 3. The van der Waals surface area contributed by atoms with Crippen LogP contribution in [0.4, 0.5) is 11.8 Å². The average Bonchev–Trinajstić information content (AvgIpc) is 3.50. The highest BCUT2D eigenvalue weighted by molar-refractivity contribution is 8.00. The molecular weight excluding hydrogens is 678 g/mol. The maximum atomic E-state index is 12.9. The van der Waals surface area contributed by atoms with Crippen molar-refractivity contribution in [3.63, 3.8) is 0 Å². The van der Waals surface area contributed by atoms with Crippen molar-refractivity contribution in [2.24, 2.45) is 5.73 Å². The fourth-order valence-electron chi connectivity index (χ4n) is 5.88. The number of aliphatic hydroxyl groups is 2. The Morgan fingerprint density at radius 3 is 2.51 bits per heavy atom. The predicted molar refractivity (Wildman–Crippen MR) is 196 cm³/mol. The Morgan fingerprint density at radius 1 is 1.06 bits per heavy atom. The van der Waals surface area contributed by atoms with E-state index < -0.39 is 29.5 Å². The lowest BCUT2D eigenvalue weighted by Crippen LogP contribution is -2.48. The number of aliphatic carboxylic acids is 1. The van der Waals surface area contributed by atoms with E-state index in [9.17, 15) is 24.6 Å². The number of rotatable bonds is 20. The molecule has 17 heteroatoms. The molecule has 280 valence electrons. The van der Waals surface area contributed by atoms with E-state index >= 15 is 0 Å². The minimum atomic E-state index is -1.82. The predicted octanol–water partition coefficient (Wildman–Crippen LogP) is 1.04. The maximum Gasteiger partial charge on any atom is 0.321 e. The lowest BCUT2D eigenvalue weighted by molar-refractivity contribution is -0.138. The summed E-state index contributed by atoms with van der Waals surface area (Å²) in [6.45, 7) is 6.83. The number of nitrogens with zero attached hydrogens (tertiary/aromatic N) is 5. The molecule has 1 saturated heterocycles. The highest BCUT2D eigenvalue weighted by Crippen LogP contribution is 2.28. The first kappa shape index (κ1) is 39.6. The minimum absolute atomic E-state index is 0.0776. The van der Waals surface area contributed by atoms with Gasteiger partial charge in [-0.1, -0.05) is 25.8 Å². The fourth-order valence-corrected chi connectivity index (χ4v) is 6.92. The van der Waals surface area contributed by atoms with Gasteiger partial charge in [0, 0.05) is 76.2 Å². The molecule has 3 aromatic rings. The molecule has 0 radical (unpaired) electrons. The van der Waals surface area contributed by atoms with E-state index in [-0.39, 0.29) is 37.0 Å². The van der Waals surface area contributed by atoms with Crippen LogP contribution >= 0.6 is 11.8 Å². The summed E-state index contributed by atoms with van der Waals surface area (Å²) in [5.41, 5.74) is 15.3. The third-order valence-corrected chi connectivity index (χ3v) is 10.1. The number of aliphatic hydroxyl groups excluding tert-OH is 1. The van der Waals surface area contributed by atoms with Gasteiger partial charge in [0.25, 0.3) is 0 Å². The Kier molecular flexibility index (Phi) is 15.1. The van der Waals surface area contributed by atoms with E-state index in [0.29, 0.717) is 45.1 Å². The molecule has 4 rings (SSSR count). The summed E-state index contributed by atoms with van der Waals surface area (Å²) < 4.78 is 7.83. The number of nitrogen functional groups attached to an aromatic ring is 1. The topological polar surface area (TPSA) is 234 Å². The molecule has 0 aliphatic carbocycles. The standard InChI is InChI=1S/C34H51N9O7S/c1-3-4-5-10-38-31-30-25(39-34(36)40-31)9-12-43(30)20-23-17-22(6-7-26(23)50-2)19-41-13-15-42(16-14-41)29(45)8-11-37-28(44)18-27(33(48)49)51-21-24(35)32(46)47/h6-7,9,12,17,24,27,33,48-49H,3-5,8,10-11,13-16,18-21,35H2,1-2H3,(H,37,44)(H,46,47)(H3,36,38,39,40)/t24-,27?/m0/s1. The number of nitrogens with two attached hydrogens (primary N) is 2. The van der Waals surface area contributed by atoms with Crippen molar-refractivity contribution in [1.82, 2.24) is 29.7 Å². The largest absolute Gasteiger partial charge is 0.496 e. The molecule has 2 amide bonds. The Balaban J connectivity index is 1.27. The number of unbranched alkanes of at least 4 members (excludes halogenated alkanes) is 2. The lowest BCUT2D eigenvalue weighted by Gasteiger charge is -2.35. The number of aromatic nitrogens is 3. The zero-order valence-corrected chi connectivity index (χ0v) is 30.1. The fraction of sp³-hybridized carbons (Fsp3) is 0.559. The van der Waals surface area contributed by atoms with Crippen LogP contribution in [0.2, 0.25) is 0 Å². The molecule has 3 heterocycles. The summed E-state index contributed by atoms with van der Waals surface area (Å²) >= 11 is 0.901. The number of benzene rings is 1. The molecule has 2 atom stereocenters. The number of fused-ring (bicyclic) bond motifs is 1. The summed E-state index contributed by atoms with van der Waals surface area (Å²) in [5, 5.41) is 33.2. The van der Waals surface area contributed by atoms with Gasteiger partial charge in [0.2, 0.25) is 17.8 Å². The van der Waals surface area contributed by atoms with Crippen LogP contribution in [0, 0.1) is 0 Å². The maximum absolute atomic E-state index is 12.9. The summed E-state index contributed by atoms with van der Waals surface area (Å²) in [6.07, 6.45) is 3.31. The first-order chi connectivity index (χ1) is 24.5. The number of hydrogen-bond acceptors (Lipinski definition) is 13. The number of hydrogen-bond donors (Lipinski definition) is 7. The quantitative estimate of drug-likeness (QED) is 0.0636. The van der Waals surface area contributed by atoms with Crippen molar-refractivity contribution in [1.29, 1.82) is 0 Å². The van der Waals surface area contributed by atoms with E-state index in [2.05, 4.69) is 49.1 Å². The summed E-state index contributed by atoms with van der Waals surface area (Å²) in [6, 6.07) is 6.94. The molecule has 0 spiro atoms. The first-order valence-corrected chi connectivity index (χ1v) is 18.3. The van der Waals surface area contributed by atoms with Gasteiger partial charge in [0.05, 0.1) is 24.4 Å². The highest BCUT2D eigenvalue weighted by Gasteiger charge is 2.25. The van der Waals surface area contributed by atoms with Crippen LogP contribution < -0.4 is 26.8 Å². The molecule has 51 heavy (non-hydrogen) atoms. The number of carboxylic acids is 1. The number of piperazine rings is 1. The molecule has 0 saturated carbocycles. The molecule has 9 N–H and O–H groups in total. The average molecular weight is 730 g/mol. The van der Waals surface area contributed by atoms with E-state index in [1.165, 1.54) is 0 Å². The molecule has 1 aliphatic heterocycles. The Bertz CT molecular complexity index is 1610. The number of thioether (sulfide) groups is 1. The first-order valence-electron chi connectivity index (χ1n) is 17.2. The molecule has 2 aromatic heterocycles. The number of ether oxygens (including phenoxy) is 1. The second-order valence-corrected chi connectivity index (χ2v) is 13.9. The number of carboxylic acid groups (broad SMARTS) is 1. The van der Waals surface area contributed by atoms with Gasteiger partial charge in [-0.25, -0.2) is 4.98 Å². The summed E-state index contributed by atoms with van der Waals surface area (Å²) in [4.78, 5) is 49.2. The summed E-state index contributed by atoms with van der Waals surface area (Å²) in [7, 11) is 1.66. The lowest BCUT2D eigenvalue weighted by atomic mass is 10.1. The minimum Gasteiger partial charge on any atom is -0.496 e. The zero-order chi connectivity index (χ0) is 36.9. The van der Waals surface area contributed by atoms with Gasteiger partial charge in [-0.3, -0.25) is 19.3 Å². The molecule has 1 aliphatic rings. The molecular formula is C34H51N9O7S. The number of anilines is 2. The van der Waals surface area contributed by atoms with E-state index in [0.717, 1.165) is 65.5 Å². The number of carbonyl (C=O) groups excluding carboxylic acids is 2. The number of amides is 2. The van der Waals surface area contributed by atoms with Crippen molar-refractivity contribution < 1.29 is 34.4 Å². The third-order valence-electron chi connectivity index (χ3n) is 8.70. The van der Waals surface area contributed by atoms with Crippen LogP contribution in [-0.4, -0.2) is 127 Å². The SMILES string of the molecule is CCCCCNc1nc(N)nc2ccn(Cc3cc(CN4CCN(C(=O)CCNC(=O)CC(SC[C@H](N)C(=O)O)C(O)O)CC4)ccc3OC)c12. The van der Waals surface area contributed by atoms with E-state index in [4.69, 9.17) is 21.3 Å². The van der Waals surface area contributed by atoms with Gasteiger partial charge >= 0.3 is 5.97 Å². The molecule has 0 bridgehead atoms. The van der Waals surface area contributed by atoms with Crippen LogP contribution in [0.15, 0.2) is 30.5 Å².